The van der Waals surface area contributed by atoms with Crippen molar-refractivity contribution in [3.63, 3.8) is 0 Å². The lowest BCUT2D eigenvalue weighted by atomic mass is 9.98. The van der Waals surface area contributed by atoms with Crippen LogP contribution in [0.3, 0.4) is 0 Å². The average Bonchev–Trinajstić information content (AvgIpc) is 3.23. The Morgan fingerprint density at radius 1 is 1.50 bits per heavy atom. The zero-order valence-corrected chi connectivity index (χ0v) is 16.0. The standard InChI is InChI=1S/C16H21N3O2S.2ClH/c1-2-13-10-22-15(18-13)11-4-3-5-19(8-11)16(20)12-6-14(7-17)21-9-12;;/h6,9-11H,2-5,7-8,17H2,1H3;2*1H. The highest BCUT2D eigenvalue weighted by Gasteiger charge is 2.27. The summed E-state index contributed by atoms with van der Waals surface area (Å²) in [5, 5.41) is 3.28. The van der Waals surface area contributed by atoms with Crippen LogP contribution in [0.1, 0.15) is 52.5 Å². The Hall–Kier alpha value is -1.08. The molecule has 1 aliphatic rings. The number of hydrogen-bond acceptors (Lipinski definition) is 5. The van der Waals surface area contributed by atoms with Crippen molar-refractivity contribution in [3.8, 4) is 0 Å². The van der Waals surface area contributed by atoms with E-state index >= 15 is 0 Å². The number of likely N-dealkylation sites (tertiary alicyclic amines) is 1. The molecule has 1 amide bonds. The summed E-state index contributed by atoms with van der Waals surface area (Å²) >= 11 is 1.71. The maximum atomic E-state index is 12.6. The Kier molecular flexibility index (Phi) is 8.22. The van der Waals surface area contributed by atoms with Crippen LogP contribution in [0.15, 0.2) is 22.1 Å². The molecule has 24 heavy (non-hydrogen) atoms. The fraction of sp³-hybridized carbons (Fsp3) is 0.500. The van der Waals surface area contributed by atoms with Gasteiger partial charge in [-0.25, -0.2) is 4.98 Å². The van der Waals surface area contributed by atoms with E-state index in [0.717, 1.165) is 43.1 Å². The van der Waals surface area contributed by atoms with Gasteiger partial charge in [0.1, 0.15) is 12.0 Å². The SMILES string of the molecule is CCc1csc(C2CCCN(C(=O)c3coc(CN)c3)C2)n1.Cl.Cl. The number of rotatable bonds is 4. The number of aromatic nitrogens is 1. The summed E-state index contributed by atoms with van der Waals surface area (Å²) in [6, 6.07) is 1.74. The van der Waals surface area contributed by atoms with E-state index in [1.165, 1.54) is 6.26 Å². The van der Waals surface area contributed by atoms with Gasteiger partial charge in [0.05, 0.1) is 22.8 Å². The first kappa shape index (κ1) is 21.0. The summed E-state index contributed by atoms with van der Waals surface area (Å²) in [6.45, 7) is 3.96. The Bertz CT molecular complexity index is 659. The van der Waals surface area contributed by atoms with Gasteiger partial charge in [0.25, 0.3) is 5.91 Å². The monoisotopic (exact) mass is 391 g/mol. The molecule has 0 spiro atoms. The molecule has 1 atom stereocenters. The van der Waals surface area contributed by atoms with Crippen LogP contribution in [-0.2, 0) is 13.0 Å². The second-order valence-corrected chi connectivity index (χ2v) is 6.52. The van der Waals surface area contributed by atoms with Crippen molar-refractivity contribution >= 4 is 42.1 Å². The molecular weight excluding hydrogens is 369 g/mol. The number of piperidine rings is 1. The predicted molar refractivity (Wildman–Crippen MR) is 100 cm³/mol. The zero-order valence-electron chi connectivity index (χ0n) is 13.6. The first-order valence-corrected chi connectivity index (χ1v) is 8.60. The van der Waals surface area contributed by atoms with Gasteiger partial charge in [0.2, 0.25) is 0 Å². The lowest BCUT2D eigenvalue weighted by molar-refractivity contribution is 0.0706. The van der Waals surface area contributed by atoms with Gasteiger partial charge in [-0.1, -0.05) is 6.92 Å². The molecule has 3 rings (SSSR count). The third-order valence-electron chi connectivity index (χ3n) is 4.09. The van der Waals surface area contributed by atoms with E-state index in [9.17, 15) is 4.79 Å². The van der Waals surface area contributed by atoms with Gasteiger partial charge in [0.15, 0.2) is 0 Å². The summed E-state index contributed by atoms with van der Waals surface area (Å²) in [6.07, 6.45) is 4.58. The molecule has 0 saturated carbocycles. The number of nitrogens with zero attached hydrogens (tertiary/aromatic N) is 2. The number of aryl methyl sites for hydroxylation is 1. The molecule has 0 aromatic carbocycles. The number of halogens is 2. The molecule has 1 saturated heterocycles. The molecule has 134 valence electrons. The summed E-state index contributed by atoms with van der Waals surface area (Å²) in [5.41, 5.74) is 7.27. The fourth-order valence-corrected chi connectivity index (χ4v) is 3.85. The Morgan fingerprint density at radius 3 is 2.92 bits per heavy atom. The molecule has 1 aliphatic heterocycles. The normalized spacial score (nSPS) is 17.1. The van der Waals surface area contributed by atoms with E-state index in [0.29, 0.717) is 23.8 Å². The number of nitrogens with two attached hydrogens (primary N) is 1. The maximum Gasteiger partial charge on any atom is 0.257 e. The first-order chi connectivity index (χ1) is 10.7. The molecule has 2 aromatic heterocycles. The number of thiazole rings is 1. The number of carbonyl (C=O) groups is 1. The minimum atomic E-state index is 0. The van der Waals surface area contributed by atoms with E-state index in [-0.39, 0.29) is 30.7 Å². The third-order valence-corrected chi connectivity index (χ3v) is 5.15. The van der Waals surface area contributed by atoms with Gasteiger partial charge < -0.3 is 15.1 Å². The Morgan fingerprint density at radius 2 is 2.29 bits per heavy atom. The highest BCUT2D eigenvalue weighted by Crippen LogP contribution is 2.30. The van der Waals surface area contributed by atoms with Crippen molar-refractivity contribution in [1.82, 2.24) is 9.88 Å². The maximum absolute atomic E-state index is 12.6. The minimum Gasteiger partial charge on any atom is -0.467 e. The number of carbonyl (C=O) groups excluding carboxylic acids is 1. The van der Waals surface area contributed by atoms with Crippen LogP contribution in [0.2, 0.25) is 0 Å². The molecule has 1 fully saturated rings. The van der Waals surface area contributed by atoms with Crippen LogP contribution < -0.4 is 5.73 Å². The number of furan rings is 1. The topological polar surface area (TPSA) is 72.4 Å². The first-order valence-electron chi connectivity index (χ1n) is 7.72. The summed E-state index contributed by atoms with van der Waals surface area (Å²) in [7, 11) is 0. The molecular formula is C16H23Cl2N3O2S. The van der Waals surface area contributed by atoms with Crippen LogP contribution in [0, 0.1) is 0 Å². The highest BCUT2D eigenvalue weighted by molar-refractivity contribution is 7.09. The summed E-state index contributed by atoms with van der Waals surface area (Å²) in [5.74, 6) is 1.02. The molecule has 2 N–H and O–H groups in total. The van der Waals surface area contributed by atoms with E-state index < -0.39 is 0 Å². The van der Waals surface area contributed by atoms with Crippen molar-refractivity contribution in [1.29, 1.82) is 0 Å². The van der Waals surface area contributed by atoms with Crippen molar-refractivity contribution < 1.29 is 9.21 Å². The molecule has 3 heterocycles. The minimum absolute atomic E-state index is 0. The van der Waals surface area contributed by atoms with Crippen LogP contribution >= 0.6 is 36.2 Å². The second-order valence-electron chi connectivity index (χ2n) is 5.63. The largest absolute Gasteiger partial charge is 0.467 e. The number of amides is 1. The van der Waals surface area contributed by atoms with Crippen LogP contribution in [0.4, 0.5) is 0 Å². The lowest BCUT2D eigenvalue weighted by Crippen LogP contribution is -2.39. The molecule has 8 heteroatoms. The van der Waals surface area contributed by atoms with E-state index in [1.807, 2.05) is 4.90 Å². The predicted octanol–water partition coefficient (Wildman–Crippen LogP) is 3.62. The van der Waals surface area contributed by atoms with E-state index in [4.69, 9.17) is 10.2 Å². The van der Waals surface area contributed by atoms with Crippen molar-refractivity contribution in [2.24, 2.45) is 5.73 Å². The Balaban J connectivity index is 0.00000144. The highest BCUT2D eigenvalue weighted by atomic mass is 35.5. The van der Waals surface area contributed by atoms with Crippen LogP contribution in [0.5, 0.6) is 0 Å². The van der Waals surface area contributed by atoms with E-state index in [2.05, 4.69) is 17.3 Å². The molecule has 0 radical (unpaired) electrons. The molecule has 1 unspecified atom stereocenters. The quantitative estimate of drug-likeness (QED) is 0.863. The van der Waals surface area contributed by atoms with Gasteiger partial charge in [-0.3, -0.25) is 4.79 Å². The van der Waals surface area contributed by atoms with Crippen LogP contribution in [0.25, 0.3) is 0 Å². The van der Waals surface area contributed by atoms with Crippen molar-refractivity contribution in [2.75, 3.05) is 13.1 Å². The molecule has 5 nitrogen and oxygen atoms in total. The Labute approximate surface area is 158 Å². The molecule has 0 aliphatic carbocycles. The van der Waals surface area contributed by atoms with Gasteiger partial charge in [-0.15, -0.1) is 36.2 Å². The molecule has 2 aromatic rings. The van der Waals surface area contributed by atoms with Gasteiger partial charge >= 0.3 is 0 Å². The fourth-order valence-electron chi connectivity index (χ4n) is 2.82. The smallest absolute Gasteiger partial charge is 0.257 e. The lowest BCUT2D eigenvalue weighted by Gasteiger charge is -2.31. The van der Waals surface area contributed by atoms with Gasteiger partial charge in [-0.05, 0) is 25.3 Å². The van der Waals surface area contributed by atoms with Crippen molar-refractivity contribution in [3.05, 3.63) is 39.7 Å². The average molecular weight is 392 g/mol. The number of hydrogen-bond donors (Lipinski definition) is 1. The van der Waals surface area contributed by atoms with Crippen molar-refractivity contribution in [2.45, 2.75) is 38.6 Å². The van der Waals surface area contributed by atoms with Gasteiger partial charge in [-0.2, -0.15) is 0 Å². The van der Waals surface area contributed by atoms with Crippen LogP contribution in [-0.4, -0.2) is 28.9 Å². The second kappa shape index (κ2) is 9.42. The molecule has 0 bridgehead atoms. The summed E-state index contributed by atoms with van der Waals surface area (Å²) < 4.78 is 5.27. The third kappa shape index (κ3) is 4.51. The zero-order chi connectivity index (χ0) is 15.5. The van der Waals surface area contributed by atoms with E-state index in [1.54, 1.807) is 17.4 Å². The van der Waals surface area contributed by atoms with Gasteiger partial charge in [0, 0.05) is 24.4 Å². The summed E-state index contributed by atoms with van der Waals surface area (Å²) in [4.78, 5) is 19.2.